The summed E-state index contributed by atoms with van der Waals surface area (Å²) in [6.45, 7) is 4.21. The molecular formula is C14H30N2O. The minimum atomic E-state index is 0.402. The molecule has 0 radical (unpaired) electrons. The highest BCUT2D eigenvalue weighted by Gasteiger charge is 2.30. The zero-order chi connectivity index (χ0) is 12.7. The largest absolute Gasteiger partial charge is 0.383 e. The van der Waals surface area contributed by atoms with Gasteiger partial charge in [0.1, 0.15) is 0 Å². The van der Waals surface area contributed by atoms with Crippen LogP contribution in [0.25, 0.3) is 0 Å². The molecule has 0 spiro atoms. The van der Waals surface area contributed by atoms with Crippen LogP contribution in [0.3, 0.4) is 0 Å². The molecule has 0 amide bonds. The Bertz CT molecular complexity index is 202. The van der Waals surface area contributed by atoms with Crippen LogP contribution in [0.2, 0.25) is 0 Å². The number of hydrogen-bond donors (Lipinski definition) is 1. The molecule has 0 aromatic carbocycles. The van der Waals surface area contributed by atoms with Crippen LogP contribution < -0.4 is 5.32 Å². The average molecular weight is 242 g/mol. The molecule has 1 saturated carbocycles. The Kier molecular flexibility index (Phi) is 6.45. The Hall–Kier alpha value is -0.120. The van der Waals surface area contributed by atoms with Crippen LogP contribution in [0.4, 0.5) is 0 Å². The Labute approximate surface area is 107 Å². The highest BCUT2D eigenvalue weighted by Crippen LogP contribution is 2.30. The average Bonchev–Trinajstić information content (AvgIpc) is 2.37. The summed E-state index contributed by atoms with van der Waals surface area (Å²) in [5.74, 6) is 0. The lowest BCUT2D eigenvalue weighted by Crippen LogP contribution is -2.47. The summed E-state index contributed by atoms with van der Waals surface area (Å²) in [4.78, 5) is 2.41. The Balaban J connectivity index is 2.36. The smallest absolute Gasteiger partial charge is 0.0615 e. The van der Waals surface area contributed by atoms with Crippen molar-refractivity contribution in [3.05, 3.63) is 0 Å². The van der Waals surface area contributed by atoms with Crippen molar-refractivity contribution in [2.45, 2.75) is 57.0 Å². The number of ether oxygens (including phenoxy) is 1. The second-order valence-corrected chi connectivity index (χ2v) is 5.63. The molecule has 17 heavy (non-hydrogen) atoms. The molecule has 1 N–H and O–H groups in total. The third kappa shape index (κ3) is 4.57. The fourth-order valence-electron chi connectivity index (χ4n) is 2.83. The van der Waals surface area contributed by atoms with Crippen LogP contribution in [-0.4, -0.2) is 50.8 Å². The Morgan fingerprint density at radius 3 is 2.47 bits per heavy atom. The van der Waals surface area contributed by atoms with Gasteiger partial charge in [0.2, 0.25) is 0 Å². The molecule has 1 aliphatic rings. The number of nitrogens with zero attached hydrogens (tertiary/aromatic N) is 1. The van der Waals surface area contributed by atoms with Crippen molar-refractivity contribution in [1.29, 1.82) is 0 Å². The van der Waals surface area contributed by atoms with E-state index in [4.69, 9.17) is 4.74 Å². The van der Waals surface area contributed by atoms with Crippen molar-refractivity contribution < 1.29 is 4.74 Å². The molecule has 1 unspecified atom stereocenters. The van der Waals surface area contributed by atoms with Crippen LogP contribution in [0.1, 0.15) is 45.4 Å². The summed E-state index contributed by atoms with van der Waals surface area (Å²) < 4.78 is 5.21. The van der Waals surface area contributed by atoms with Gasteiger partial charge in [-0.1, -0.05) is 19.3 Å². The van der Waals surface area contributed by atoms with E-state index >= 15 is 0 Å². The summed E-state index contributed by atoms with van der Waals surface area (Å²) in [6.07, 6.45) is 8.13. The monoisotopic (exact) mass is 242 g/mol. The highest BCUT2D eigenvalue weighted by molar-refractivity contribution is 4.90. The van der Waals surface area contributed by atoms with Crippen molar-refractivity contribution in [1.82, 2.24) is 10.2 Å². The Morgan fingerprint density at radius 1 is 1.29 bits per heavy atom. The van der Waals surface area contributed by atoms with Crippen LogP contribution >= 0.6 is 0 Å². The maximum absolute atomic E-state index is 5.21. The summed E-state index contributed by atoms with van der Waals surface area (Å²) in [7, 11) is 6.11. The molecular weight excluding hydrogens is 212 g/mol. The number of nitrogens with one attached hydrogen (secondary N) is 1. The van der Waals surface area contributed by atoms with Gasteiger partial charge in [-0.2, -0.15) is 0 Å². The van der Waals surface area contributed by atoms with E-state index in [0.29, 0.717) is 11.6 Å². The SMILES string of the molecule is CNC1(CCN(C)C(C)COC)CCCCC1. The lowest BCUT2D eigenvalue weighted by atomic mass is 9.79. The molecule has 1 atom stereocenters. The van der Waals surface area contributed by atoms with Gasteiger partial charge >= 0.3 is 0 Å². The zero-order valence-corrected chi connectivity index (χ0v) is 12.1. The quantitative estimate of drug-likeness (QED) is 0.741. The van der Waals surface area contributed by atoms with Crippen molar-refractivity contribution >= 4 is 0 Å². The van der Waals surface area contributed by atoms with Crippen molar-refractivity contribution in [2.75, 3.05) is 34.4 Å². The second kappa shape index (κ2) is 7.34. The van der Waals surface area contributed by atoms with Crippen LogP contribution in [0.5, 0.6) is 0 Å². The summed E-state index contributed by atoms with van der Waals surface area (Å²) in [5.41, 5.74) is 0.402. The van der Waals surface area contributed by atoms with Crippen LogP contribution in [0.15, 0.2) is 0 Å². The lowest BCUT2D eigenvalue weighted by molar-refractivity contribution is 0.103. The van der Waals surface area contributed by atoms with E-state index in [-0.39, 0.29) is 0 Å². The highest BCUT2D eigenvalue weighted by atomic mass is 16.5. The summed E-state index contributed by atoms with van der Waals surface area (Å²) in [5, 5.41) is 3.59. The molecule has 0 bridgehead atoms. The molecule has 0 aromatic rings. The fourth-order valence-corrected chi connectivity index (χ4v) is 2.83. The molecule has 3 nitrogen and oxygen atoms in total. The predicted molar refractivity (Wildman–Crippen MR) is 73.5 cm³/mol. The molecule has 102 valence electrons. The first-order valence-corrected chi connectivity index (χ1v) is 7.01. The van der Waals surface area contributed by atoms with Gasteiger partial charge in [0.25, 0.3) is 0 Å². The number of methoxy groups -OCH3 is 1. The first-order valence-electron chi connectivity index (χ1n) is 7.01. The normalized spacial score (nSPS) is 21.7. The third-order valence-electron chi connectivity index (χ3n) is 4.44. The molecule has 0 saturated heterocycles. The van der Waals surface area contributed by atoms with Crippen molar-refractivity contribution in [3.8, 4) is 0 Å². The van der Waals surface area contributed by atoms with Gasteiger partial charge in [0, 0.05) is 18.7 Å². The molecule has 3 heteroatoms. The van der Waals surface area contributed by atoms with Gasteiger partial charge in [-0.25, -0.2) is 0 Å². The minimum Gasteiger partial charge on any atom is -0.383 e. The van der Waals surface area contributed by atoms with E-state index in [1.54, 1.807) is 7.11 Å². The van der Waals surface area contributed by atoms with E-state index in [1.165, 1.54) is 38.5 Å². The first kappa shape index (κ1) is 14.9. The molecule has 0 aliphatic heterocycles. The minimum absolute atomic E-state index is 0.402. The molecule has 1 rings (SSSR count). The second-order valence-electron chi connectivity index (χ2n) is 5.63. The van der Waals surface area contributed by atoms with Gasteiger partial charge in [-0.05, 0) is 46.8 Å². The summed E-state index contributed by atoms with van der Waals surface area (Å²) >= 11 is 0. The van der Waals surface area contributed by atoms with Gasteiger partial charge < -0.3 is 15.0 Å². The van der Waals surface area contributed by atoms with Crippen LogP contribution in [0, 0.1) is 0 Å². The molecule has 1 fully saturated rings. The maximum atomic E-state index is 5.21. The topological polar surface area (TPSA) is 24.5 Å². The predicted octanol–water partition coefficient (Wildman–Crippen LogP) is 2.27. The lowest BCUT2D eigenvalue weighted by Gasteiger charge is -2.39. The number of rotatable bonds is 7. The van der Waals surface area contributed by atoms with Crippen LogP contribution in [-0.2, 0) is 4.74 Å². The molecule has 0 heterocycles. The molecule has 1 aliphatic carbocycles. The Morgan fingerprint density at radius 2 is 1.94 bits per heavy atom. The third-order valence-corrected chi connectivity index (χ3v) is 4.44. The van der Waals surface area contributed by atoms with E-state index < -0.39 is 0 Å². The van der Waals surface area contributed by atoms with Gasteiger partial charge in [-0.3, -0.25) is 0 Å². The van der Waals surface area contributed by atoms with E-state index in [1.807, 2.05) is 0 Å². The molecule has 0 aromatic heterocycles. The van der Waals surface area contributed by atoms with E-state index in [2.05, 4.69) is 31.2 Å². The first-order chi connectivity index (χ1) is 8.13. The standard InChI is InChI=1S/C14H30N2O/c1-13(12-17-4)16(3)11-10-14(15-2)8-6-5-7-9-14/h13,15H,5-12H2,1-4H3. The van der Waals surface area contributed by atoms with Crippen molar-refractivity contribution in [2.24, 2.45) is 0 Å². The van der Waals surface area contributed by atoms with Gasteiger partial charge in [-0.15, -0.1) is 0 Å². The van der Waals surface area contributed by atoms with E-state index in [0.717, 1.165) is 13.2 Å². The van der Waals surface area contributed by atoms with Gasteiger partial charge in [0.15, 0.2) is 0 Å². The zero-order valence-electron chi connectivity index (χ0n) is 12.1. The van der Waals surface area contributed by atoms with Gasteiger partial charge in [0.05, 0.1) is 6.61 Å². The van der Waals surface area contributed by atoms with E-state index in [9.17, 15) is 0 Å². The fraction of sp³-hybridized carbons (Fsp3) is 1.00. The van der Waals surface area contributed by atoms with Crippen molar-refractivity contribution in [3.63, 3.8) is 0 Å². The maximum Gasteiger partial charge on any atom is 0.0615 e. The number of hydrogen-bond acceptors (Lipinski definition) is 3. The summed E-state index contributed by atoms with van der Waals surface area (Å²) in [6, 6.07) is 0.512. The number of likely N-dealkylation sites (N-methyl/N-ethyl adjacent to an activating group) is 1.